The Labute approximate surface area is 121 Å². The molecule has 108 valence electrons. The lowest BCUT2D eigenvalue weighted by atomic mass is 10.1. The maximum absolute atomic E-state index is 11.3. The second-order valence-electron chi connectivity index (χ2n) is 4.59. The topological polar surface area (TPSA) is 85.6 Å². The summed E-state index contributed by atoms with van der Waals surface area (Å²) >= 11 is 0. The third-order valence-corrected chi connectivity index (χ3v) is 3.21. The number of fused-ring (bicyclic) bond motifs is 1. The quantitative estimate of drug-likeness (QED) is 0.451. The number of benzene rings is 2. The van der Waals surface area contributed by atoms with Gasteiger partial charge in [-0.3, -0.25) is 10.2 Å². The number of amides is 1. The smallest absolute Gasteiger partial charge is 0.265 e. The van der Waals surface area contributed by atoms with Gasteiger partial charge in [0.05, 0.1) is 0 Å². The van der Waals surface area contributed by atoms with Crippen LogP contribution in [0.3, 0.4) is 0 Å². The van der Waals surface area contributed by atoms with Crippen molar-refractivity contribution in [3.8, 4) is 11.5 Å². The van der Waals surface area contributed by atoms with Gasteiger partial charge in [0.2, 0.25) is 6.79 Å². The fraction of sp³-hybridized carbons (Fsp3) is 0.133. The molecule has 0 radical (unpaired) electrons. The number of nitrogens with two attached hydrogens (primary N) is 1. The molecule has 3 rings (SSSR count). The predicted octanol–water partition coefficient (Wildman–Crippen LogP) is 1.63. The summed E-state index contributed by atoms with van der Waals surface area (Å²) in [4.78, 5) is 11.3. The lowest BCUT2D eigenvalue weighted by molar-refractivity contribution is 0.0953. The van der Waals surface area contributed by atoms with Crippen LogP contribution in [0.15, 0.2) is 42.5 Å². The van der Waals surface area contributed by atoms with Crippen LogP contribution in [0, 0.1) is 0 Å². The van der Waals surface area contributed by atoms with Gasteiger partial charge < -0.3 is 14.8 Å². The summed E-state index contributed by atoms with van der Waals surface area (Å²) in [5.41, 5.74) is 4.62. The minimum absolute atomic E-state index is 0.275. The van der Waals surface area contributed by atoms with Gasteiger partial charge in [-0.15, -0.1) is 0 Å². The predicted molar refractivity (Wildman–Crippen MR) is 78.0 cm³/mol. The maximum Gasteiger partial charge on any atom is 0.265 e. The van der Waals surface area contributed by atoms with Crippen LogP contribution in [-0.4, -0.2) is 12.7 Å². The van der Waals surface area contributed by atoms with Crippen LogP contribution in [0.1, 0.15) is 15.9 Å². The Hall–Kier alpha value is -2.73. The Morgan fingerprint density at radius 1 is 1.10 bits per heavy atom. The Balaban J connectivity index is 1.63. The third-order valence-electron chi connectivity index (χ3n) is 3.21. The van der Waals surface area contributed by atoms with Crippen LogP contribution in [-0.2, 0) is 6.54 Å². The van der Waals surface area contributed by atoms with Crippen LogP contribution in [0.2, 0.25) is 0 Å². The molecule has 0 atom stereocenters. The molecule has 0 unspecified atom stereocenters. The van der Waals surface area contributed by atoms with Gasteiger partial charge in [-0.1, -0.05) is 6.07 Å². The first-order valence-corrected chi connectivity index (χ1v) is 6.49. The van der Waals surface area contributed by atoms with Gasteiger partial charge in [-0.25, -0.2) is 5.84 Å². The highest BCUT2D eigenvalue weighted by Crippen LogP contribution is 2.32. The number of hydrogen-bond donors (Lipinski definition) is 3. The van der Waals surface area contributed by atoms with Crippen LogP contribution in [0.25, 0.3) is 0 Å². The van der Waals surface area contributed by atoms with Gasteiger partial charge in [-0.2, -0.15) is 0 Å². The van der Waals surface area contributed by atoms with E-state index in [2.05, 4.69) is 10.7 Å². The molecule has 0 saturated carbocycles. The minimum atomic E-state index is -0.308. The monoisotopic (exact) mass is 285 g/mol. The Bertz CT molecular complexity index is 656. The van der Waals surface area contributed by atoms with Crippen molar-refractivity contribution in [2.75, 3.05) is 12.1 Å². The van der Waals surface area contributed by atoms with Crippen LogP contribution < -0.4 is 26.1 Å². The standard InChI is InChI=1S/C15H15N3O3/c16-18-15(19)11-2-4-12(5-3-11)17-8-10-1-6-13-14(7-10)21-9-20-13/h1-7,17H,8-9,16H2,(H,18,19). The zero-order valence-electron chi connectivity index (χ0n) is 11.3. The van der Waals surface area contributed by atoms with Gasteiger partial charge in [0.25, 0.3) is 5.91 Å². The number of hydrazine groups is 1. The zero-order chi connectivity index (χ0) is 14.7. The molecule has 6 nitrogen and oxygen atoms in total. The maximum atomic E-state index is 11.3. The average Bonchev–Trinajstić information content (AvgIpc) is 3.00. The van der Waals surface area contributed by atoms with Gasteiger partial charge in [-0.05, 0) is 42.0 Å². The molecular weight excluding hydrogens is 270 g/mol. The number of nitrogens with one attached hydrogen (secondary N) is 2. The average molecular weight is 285 g/mol. The van der Waals surface area contributed by atoms with E-state index in [9.17, 15) is 4.79 Å². The number of ether oxygens (including phenoxy) is 2. The van der Waals surface area contributed by atoms with Crippen molar-refractivity contribution in [2.45, 2.75) is 6.54 Å². The lowest BCUT2D eigenvalue weighted by Crippen LogP contribution is -2.29. The van der Waals surface area contributed by atoms with Crippen molar-refractivity contribution >= 4 is 11.6 Å². The molecule has 0 spiro atoms. The summed E-state index contributed by atoms with van der Waals surface area (Å²) in [5, 5.41) is 3.28. The van der Waals surface area contributed by atoms with Gasteiger partial charge in [0, 0.05) is 17.8 Å². The molecule has 1 aliphatic rings. The number of rotatable bonds is 4. The van der Waals surface area contributed by atoms with E-state index in [1.165, 1.54) is 0 Å². The van der Waals surface area contributed by atoms with Crippen LogP contribution >= 0.6 is 0 Å². The Morgan fingerprint density at radius 2 is 1.86 bits per heavy atom. The summed E-state index contributed by atoms with van der Waals surface area (Å²) < 4.78 is 10.6. The van der Waals surface area contributed by atoms with Crippen LogP contribution in [0.5, 0.6) is 11.5 Å². The van der Waals surface area contributed by atoms with E-state index in [4.69, 9.17) is 15.3 Å². The number of carbonyl (C=O) groups excluding carboxylic acids is 1. The highest BCUT2D eigenvalue weighted by Gasteiger charge is 2.12. The van der Waals surface area contributed by atoms with Crippen LogP contribution in [0.4, 0.5) is 5.69 Å². The fourth-order valence-electron chi connectivity index (χ4n) is 2.08. The van der Waals surface area contributed by atoms with Gasteiger partial charge in [0.15, 0.2) is 11.5 Å². The molecule has 2 aromatic carbocycles. The van der Waals surface area contributed by atoms with Crippen molar-refractivity contribution in [2.24, 2.45) is 5.84 Å². The van der Waals surface area contributed by atoms with Gasteiger partial charge in [0.1, 0.15) is 0 Å². The second-order valence-corrected chi connectivity index (χ2v) is 4.59. The summed E-state index contributed by atoms with van der Waals surface area (Å²) in [7, 11) is 0. The number of carbonyl (C=O) groups is 1. The Kier molecular flexibility index (Phi) is 3.61. The van der Waals surface area contributed by atoms with E-state index < -0.39 is 0 Å². The first kappa shape index (κ1) is 13.3. The molecule has 1 amide bonds. The van der Waals surface area contributed by atoms with E-state index in [-0.39, 0.29) is 12.7 Å². The number of nitrogen functional groups attached to an aromatic ring is 1. The van der Waals surface area contributed by atoms with E-state index in [1.807, 2.05) is 30.3 Å². The summed E-state index contributed by atoms with van der Waals surface area (Å²) in [6.07, 6.45) is 0. The van der Waals surface area contributed by atoms with E-state index in [0.29, 0.717) is 12.1 Å². The summed E-state index contributed by atoms with van der Waals surface area (Å²) in [5.74, 6) is 6.32. The molecule has 0 fully saturated rings. The highest BCUT2D eigenvalue weighted by atomic mass is 16.7. The molecule has 6 heteroatoms. The molecule has 0 saturated heterocycles. The fourth-order valence-corrected chi connectivity index (χ4v) is 2.08. The van der Waals surface area contributed by atoms with Crippen molar-refractivity contribution < 1.29 is 14.3 Å². The lowest BCUT2D eigenvalue weighted by Gasteiger charge is -2.08. The molecule has 0 aliphatic carbocycles. The van der Waals surface area contributed by atoms with E-state index in [0.717, 1.165) is 22.7 Å². The van der Waals surface area contributed by atoms with E-state index >= 15 is 0 Å². The minimum Gasteiger partial charge on any atom is -0.454 e. The molecule has 1 heterocycles. The molecule has 0 bridgehead atoms. The first-order chi connectivity index (χ1) is 10.3. The Morgan fingerprint density at radius 3 is 2.62 bits per heavy atom. The number of anilines is 1. The van der Waals surface area contributed by atoms with Crippen molar-refractivity contribution in [3.05, 3.63) is 53.6 Å². The first-order valence-electron chi connectivity index (χ1n) is 6.49. The van der Waals surface area contributed by atoms with Gasteiger partial charge >= 0.3 is 0 Å². The van der Waals surface area contributed by atoms with E-state index in [1.54, 1.807) is 12.1 Å². The molecule has 21 heavy (non-hydrogen) atoms. The van der Waals surface area contributed by atoms with Crippen molar-refractivity contribution in [1.82, 2.24) is 5.43 Å². The SMILES string of the molecule is NNC(=O)c1ccc(NCc2ccc3c(c2)OCO3)cc1. The third kappa shape index (κ3) is 2.90. The molecule has 4 N–H and O–H groups in total. The van der Waals surface area contributed by atoms with Crippen molar-refractivity contribution in [1.29, 1.82) is 0 Å². The summed E-state index contributed by atoms with van der Waals surface area (Å²) in [6, 6.07) is 12.9. The molecule has 0 aromatic heterocycles. The highest BCUT2D eigenvalue weighted by molar-refractivity contribution is 5.94. The zero-order valence-corrected chi connectivity index (χ0v) is 11.3. The molecule has 1 aliphatic heterocycles. The largest absolute Gasteiger partial charge is 0.454 e. The van der Waals surface area contributed by atoms with Crippen molar-refractivity contribution in [3.63, 3.8) is 0 Å². The summed E-state index contributed by atoms with van der Waals surface area (Å²) in [6.45, 7) is 0.927. The second kappa shape index (κ2) is 5.72. The normalized spacial score (nSPS) is 12.0. The molecule has 2 aromatic rings. The molecular formula is C15H15N3O3. The number of hydrogen-bond acceptors (Lipinski definition) is 5.